The van der Waals surface area contributed by atoms with Gasteiger partial charge in [0, 0.05) is 10.9 Å². The molecule has 17 heteroatoms. The molecule has 3 rings (SSSR count). The van der Waals surface area contributed by atoms with E-state index in [-0.39, 0.29) is 17.3 Å². The minimum atomic E-state index is -4.33. The average molecular weight is 600 g/mol. The van der Waals surface area contributed by atoms with Gasteiger partial charge in [-0.2, -0.15) is 0 Å². The number of nitrogens with one attached hydrogen (secondary N) is 2. The largest absolute Gasteiger partial charge is 0.434 e. The Morgan fingerprint density at radius 1 is 1.05 bits per heavy atom. The number of nitrogens with zero attached hydrogens (tertiary/aromatic N) is 3. The van der Waals surface area contributed by atoms with Crippen LogP contribution in [0.4, 0.5) is 8.96 Å². The third-order valence-corrected chi connectivity index (χ3v) is 7.37. The summed E-state index contributed by atoms with van der Waals surface area (Å²) >= 11 is 0. The van der Waals surface area contributed by atoms with Crippen LogP contribution in [0.1, 0.15) is 33.5 Å². The number of para-hydroxylation sites is 2. The number of carbonyl (C=O) groups is 3. The lowest BCUT2D eigenvalue weighted by Gasteiger charge is -2.15. The Hall–Kier alpha value is -4.25. The van der Waals surface area contributed by atoms with Gasteiger partial charge in [0.25, 0.3) is 5.89 Å². The minimum Gasteiger partial charge on any atom is -0.434 e. The maximum Gasteiger partial charge on any atom is 0.314 e. The zero-order valence-electron chi connectivity index (χ0n) is 21.0. The summed E-state index contributed by atoms with van der Waals surface area (Å²) in [7, 11) is -8.17. The number of benzene rings is 2. The Balaban J connectivity index is 1.82. The number of amides is 2. The van der Waals surface area contributed by atoms with Gasteiger partial charge in [-0.05, 0) is 30.7 Å². The number of hydrogen-bond acceptors (Lipinski definition) is 10. The lowest BCUT2D eigenvalue weighted by molar-refractivity contribution is -0.121. The first-order chi connectivity index (χ1) is 18.6. The van der Waals surface area contributed by atoms with Crippen molar-refractivity contribution in [2.24, 2.45) is 4.99 Å². The van der Waals surface area contributed by atoms with Crippen molar-refractivity contribution >= 4 is 54.4 Å². The first-order valence-electron chi connectivity index (χ1n) is 11.3. The van der Waals surface area contributed by atoms with Crippen molar-refractivity contribution in [1.29, 1.82) is 0 Å². The normalized spacial score (nSPS) is 13.1. The summed E-state index contributed by atoms with van der Waals surface area (Å²) in [5.41, 5.74) is -0.0984. The van der Waals surface area contributed by atoms with E-state index in [1.807, 2.05) is 4.72 Å². The Morgan fingerprint density at radius 2 is 1.70 bits per heavy atom. The zero-order chi connectivity index (χ0) is 29.7. The van der Waals surface area contributed by atoms with Crippen LogP contribution in [0.25, 0.3) is 11.1 Å². The number of sulfonamides is 1. The number of hydrogen-bond donors (Lipinski definition) is 2. The Kier molecular flexibility index (Phi) is 9.31. The molecule has 0 saturated carbocycles. The van der Waals surface area contributed by atoms with Gasteiger partial charge >= 0.3 is 5.91 Å². The zero-order valence-corrected chi connectivity index (χ0v) is 22.6. The molecule has 2 aromatic carbocycles. The van der Waals surface area contributed by atoms with Crippen molar-refractivity contribution in [3.63, 3.8) is 0 Å². The average Bonchev–Trinajstić information content (AvgIpc) is 3.29. The molecule has 0 fully saturated rings. The lowest BCUT2D eigenvalue weighted by atomic mass is 10.1. The van der Waals surface area contributed by atoms with Gasteiger partial charge in [0.2, 0.25) is 21.7 Å². The molecule has 0 bridgehead atoms. The van der Waals surface area contributed by atoms with Gasteiger partial charge in [-0.15, -0.1) is 0 Å². The van der Waals surface area contributed by atoms with Gasteiger partial charge in [-0.25, -0.2) is 21.8 Å². The Labute approximate surface area is 227 Å². The van der Waals surface area contributed by atoms with Crippen LogP contribution in [0.5, 0.6) is 0 Å². The number of Topliss-reactive ketones (excluding diaryl/α,β-unsaturated/α-hetero) is 1. The van der Waals surface area contributed by atoms with E-state index in [2.05, 4.69) is 15.3 Å². The molecular weight excluding hydrogens is 576 g/mol. The first kappa shape index (κ1) is 30.3. The summed E-state index contributed by atoms with van der Waals surface area (Å²) < 4.78 is 82.1. The summed E-state index contributed by atoms with van der Waals surface area (Å²) in [6.45, 7) is 0.513. The molecule has 0 aliphatic rings. The number of rotatable bonds is 11. The Bertz CT molecular complexity index is 1650. The fourth-order valence-electron chi connectivity index (χ4n) is 3.53. The van der Waals surface area contributed by atoms with Crippen LogP contribution in [0.2, 0.25) is 0 Å². The van der Waals surface area contributed by atoms with E-state index >= 15 is 0 Å². The topological polar surface area (TPSA) is 185 Å². The van der Waals surface area contributed by atoms with Crippen LogP contribution in [0.15, 0.2) is 57.9 Å². The fourth-order valence-corrected chi connectivity index (χ4v) is 5.67. The molecule has 1 aromatic heterocycles. The highest BCUT2D eigenvalue weighted by atomic mass is 32.2. The van der Waals surface area contributed by atoms with Gasteiger partial charge < -0.3 is 9.73 Å². The van der Waals surface area contributed by atoms with Crippen LogP contribution in [0, 0.1) is 0 Å². The molecule has 0 aliphatic heterocycles. The first-order valence-corrected chi connectivity index (χ1v) is 15.0. The van der Waals surface area contributed by atoms with Crippen molar-refractivity contribution in [1.82, 2.24) is 20.4 Å². The van der Waals surface area contributed by atoms with Crippen LogP contribution < -0.4 is 10.0 Å². The van der Waals surface area contributed by atoms with E-state index in [0.29, 0.717) is 11.1 Å². The second-order valence-electron chi connectivity index (χ2n) is 8.48. The molecule has 0 aliphatic carbocycles. The van der Waals surface area contributed by atoms with E-state index in [1.165, 1.54) is 19.1 Å². The number of aromatic nitrogens is 1. The number of oxazole rings is 1. The highest BCUT2D eigenvalue weighted by Gasteiger charge is 2.29. The molecule has 0 unspecified atom stereocenters. The smallest absolute Gasteiger partial charge is 0.314 e. The lowest BCUT2D eigenvalue weighted by Crippen LogP contribution is -2.42. The van der Waals surface area contributed by atoms with Crippen LogP contribution in [0.3, 0.4) is 0 Å². The third-order valence-electron chi connectivity index (χ3n) is 5.13. The van der Waals surface area contributed by atoms with Gasteiger partial charge in [0.1, 0.15) is 17.4 Å². The standard InChI is InChI=1S/C23H23F2N5O8S2/c1-14(29-39(2,34)35)27-18(13-40(36,37)12-15-7-3-4-8-16(15)23(33)30(24)25)21(32)26-11-19(31)22-28-17-9-5-6-10-20(17)38-22/h3-10,18H,11-13H2,1-2H3,(H,26,32)(H,27,29)/t18-/m0/s1. The predicted octanol–water partition coefficient (Wildman–Crippen LogP) is 1.29. The Morgan fingerprint density at radius 3 is 2.35 bits per heavy atom. The molecule has 2 N–H and O–H groups in total. The second-order valence-corrected chi connectivity index (χ2v) is 12.3. The molecule has 3 aromatic rings. The fraction of sp³-hybridized carbons (Fsp3) is 0.261. The number of ketones is 1. The summed E-state index contributed by atoms with van der Waals surface area (Å²) in [4.78, 5) is 45.1. The molecule has 2 amide bonds. The highest BCUT2D eigenvalue weighted by molar-refractivity contribution is 7.90. The van der Waals surface area contributed by atoms with Crippen molar-refractivity contribution in [2.45, 2.75) is 18.7 Å². The number of aliphatic imine (C=N–C) groups is 1. The second kappa shape index (κ2) is 12.3. The van der Waals surface area contributed by atoms with Gasteiger partial charge in [0.15, 0.2) is 15.4 Å². The van der Waals surface area contributed by atoms with Crippen molar-refractivity contribution < 1.29 is 44.6 Å². The van der Waals surface area contributed by atoms with Crippen molar-refractivity contribution in [3.8, 4) is 0 Å². The summed E-state index contributed by atoms with van der Waals surface area (Å²) in [6, 6.07) is 9.53. The van der Waals surface area contributed by atoms with E-state index in [0.717, 1.165) is 18.4 Å². The maximum atomic E-state index is 13.0. The number of fused-ring (bicyclic) bond motifs is 1. The summed E-state index contributed by atoms with van der Waals surface area (Å²) in [5.74, 6) is -6.10. The monoisotopic (exact) mass is 599 g/mol. The van der Waals surface area contributed by atoms with Gasteiger partial charge in [0.05, 0.1) is 24.3 Å². The van der Waals surface area contributed by atoms with Crippen molar-refractivity contribution in [2.75, 3.05) is 18.6 Å². The number of amidine groups is 1. The van der Waals surface area contributed by atoms with E-state index in [9.17, 15) is 40.2 Å². The van der Waals surface area contributed by atoms with Crippen molar-refractivity contribution in [3.05, 3.63) is 65.5 Å². The SMILES string of the molecule is CC(=N[C@@H](CS(=O)(=O)Cc1ccccc1C(=O)N(F)F)C(=O)NCC(=O)c1nc2ccccc2o1)NS(C)(=O)=O. The van der Waals surface area contributed by atoms with Crippen LogP contribution in [-0.4, -0.2) is 75.2 Å². The summed E-state index contributed by atoms with van der Waals surface area (Å²) in [5, 5.41) is 0.533. The van der Waals surface area contributed by atoms with Gasteiger partial charge in [-0.1, -0.05) is 39.3 Å². The third kappa shape index (κ3) is 8.37. The number of sulfone groups is 1. The molecule has 1 atom stereocenters. The molecular formula is C23H23F2N5O8S2. The van der Waals surface area contributed by atoms with E-state index < -0.39 is 72.5 Å². The van der Waals surface area contributed by atoms with Crippen LogP contribution >= 0.6 is 0 Å². The molecule has 1 heterocycles. The molecule has 0 saturated heterocycles. The number of carbonyl (C=O) groups excluding carboxylic acids is 3. The maximum absolute atomic E-state index is 13.0. The summed E-state index contributed by atoms with van der Waals surface area (Å²) in [6.07, 6.45) is 0.809. The van der Waals surface area contributed by atoms with E-state index in [4.69, 9.17) is 4.42 Å². The quantitative estimate of drug-likeness (QED) is 0.142. The minimum absolute atomic E-state index is 0.256. The van der Waals surface area contributed by atoms with E-state index in [1.54, 1.807) is 24.3 Å². The predicted molar refractivity (Wildman–Crippen MR) is 139 cm³/mol. The molecule has 13 nitrogen and oxygen atoms in total. The van der Waals surface area contributed by atoms with Gasteiger partial charge in [-0.3, -0.25) is 24.1 Å². The highest BCUT2D eigenvalue weighted by Crippen LogP contribution is 2.18. The molecule has 0 radical (unpaired) electrons. The molecule has 40 heavy (non-hydrogen) atoms. The molecule has 0 spiro atoms. The van der Waals surface area contributed by atoms with Crippen LogP contribution in [-0.2, 0) is 30.4 Å². The molecule has 214 valence electrons. The number of halogens is 2.